The van der Waals surface area contributed by atoms with Crippen LogP contribution in [0.5, 0.6) is 5.75 Å². The van der Waals surface area contributed by atoms with Gasteiger partial charge < -0.3 is 9.64 Å². The molecule has 7 nitrogen and oxygen atoms in total. The fourth-order valence-corrected chi connectivity index (χ4v) is 4.56. The van der Waals surface area contributed by atoms with E-state index in [1.807, 2.05) is 12.1 Å². The van der Waals surface area contributed by atoms with Crippen molar-refractivity contribution in [3.63, 3.8) is 0 Å². The topological polar surface area (TPSA) is 79.0 Å². The van der Waals surface area contributed by atoms with E-state index in [1.165, 1.54) is 4.90 Å². The SMILES string of the molecule is CCNS(=O)(=O)c1ccc(F)c(C(=O)N2CCN(CCOc3ccccc3Cl)CC2)c1. The van der Waals surface area contributed by atoms with Crippen molar-refractivity contribution in [1.29, 1.82) is 0 Å². The highest BCUT2D eigenvalue weighted by Crippen LogP contribution is 2.23. The Hall–Kier alpha value is -2.20. The number of halogens is 2. The van der Waals surface area contributed by atoms with E-state index in [1.54, 1.807) is 19.1 Å². The minimum Gasteiger partial charge on any atom is -0.491 e. The molecule has 2 aromatic rings. The number of ether oxygens (including phenoxy) is 1. The first kappa shape index (κ1) is 23.5. The summed E-state index contributed by atoms with van der Waals surface area (Å²) in [7, 11) is -3.78. The summed E-state index contributed by atoms with van der Waals surface area (Å²) in [5.74, 6) is -0.630. The lowest BCUT2D eigenvalue weighted by molar-refractivity contribution is 0.0615. The molecule has 1 aliphatic rings. The summed E-state index contributed by atoms with van der Waals surface area (Å²) in [5.41, 5.74) is -0.241. The highest BCUT2D eigenvalue weighted by molar-refractivity contribution is 7.89. The van der Waals surface area contributed by atoms with Crippen molar-refractivity contribution >= 4 is 27.5 Å². The van der Waals surface area contributed by atoms with Crippen LogP contribution >= 0.6 is 11.6 Å². The van der Waals surface area contributed by atoms with Crippen LogP contribution in [0.1, 0.15) is 17.3 Å². The number of nitrogens with one attached hydrogen (secondary N) is 1. The Bertz CT molecular complexity index is 1030. The minimum absolute atomic E-state index is 0.130. The standard InChI is InChI=1S/C21H25ClFN3O4S/c1-2-24-31(28,29)16-7-8-19(23)17(15-16)21(27)26-11-9-25(10-12-26)13-14-30-20-6-4-3-5-18(20)22/h3-8,15,24H,2,9-14H2,1H3. The largest absolute Gasteiger partial charge is 0.491 e. The summed E-state index contributed by atoms with van der Waals surface area (Å²) in [4.78, 5) is 16.4. The van der Waals surface area contributed by atoms with Gasteiger partial charge in [-0.05, 0) is 30.3 Å². The number of rotatable bonds is 8. The number of para-hydroxylation sites is 1. The van der Waals surface area contributed by atoms with Gasteiger partial charge in [0.1, 0.15) is 18.2 Å². The normalized spacial score (nSPS) is 15.1. The molecule has 0 atom stereocenters. The van der Waals surface area contributed by atoms with Crippen molar-refractivity contribution in [3.05, 3.63) is 58.9 Å². The molecule has 1 heterocycles. The molecule has 2 aromatic carbocycles. The molecule has 0 spiro atoms. The fraction of sp³-hybridized carbons (Fsp3) is 0.381. The quantitative estimate of drug-likeness (QED) is 0.643. The number of hydrogen-bond donors (Lipinski definition) is 1. The van der Waals surface area contributed by atoms with Crippen molar-refractivity contribution in [2.45, 2.75) is 11.8 Å². The Kier molecular flexibility index (Phi) is 7.88. The zero-order valence-corrected chi connectivity index (χ0v) is 18.8. The molecular formula is C21H25ClFN3O4S. The molecule has 0 radical (unpaired) electrons. The average Bonchev–Trinajstić information content (AvgIpc) is 2.75. The van der Waals surface area contributed by atoms with Gasteiger partial charge in [0.2, 0.25) is 10.0 Å². The Balaban J connectivity index is 1.56. The highest BCUT2D eigenvalue weighted by atomic mass is 35.5. The van der Waals surface area contributed by atoms with Gasteiger partial charge in [-0.2, -0.15) is 0 Å². The zero-order valence-electron chi connectivity index (χ0n) is 17.2. The molecule has 1 fully saturated rings. The average molecular weight is 470 g/mol. The molecule has 0 aliphatic carbocycles. The van der Waals surface area contributed by atoms with Gasteiger partial charge in [-0.1, -0.05) is 30.7 Å². The summed E-state index contributed by atoms with van der Waals surface area (Å²) >= 11 is 6.07. The van der Waals surface area contributed by atoms with E-state index < -0.39 is 21.7 Å². The van der Waals surface area contributed by atoms with E-state index in [-0.39, 0.29) is 17.0 Å². The van der Waals surface area contributed by atoms with Crippen LogP contribution in [0.25, 0.3) is 0 Å². The van der Waals surface area contributed by atoms with Crippen LogP contribution in [0.15, 0.2) is 47.4 Å². The summed E-state index contributed by atoms with van der Waals surface area (Å²) < 4.78 is 46.7. The molecule has 0 unspecified atom stereocenters. The van der Waals surface area contributed by atoms with Gasteiger partial charge in [-0.25, -0.2) is 17.5 Å². The molecule has 1 N–H and O–H groups in total. The maximum atomic E-state index is 14.3. The van der Waals surface area contributed by atoms with Crippen LogP contribution in [0.3, 0.4) is 0 Å². The lowest BCUT2D eigenvalue weighted by Crippen LogP contribution is -2.49. The van der Waals surface area contributed by atoms with Crippen LogP contribution < -0.4 is 9.46 Å². The van der Waals surface area contributed by atoms with Crippen molar-refractivity contribution < 1.29 is 22.3 Å². The summed E-state index contributed by atoms with van der Waals surface area (Å²) in [6.45, 7) is 5.00. The second-order valence-electron chi connectivity index (χ2n) is 7.06. The number of carbonyl (C=O) groups is 1. The van der Waals surface area contributed by atoms with Gasteiger partial charge in [0.05, 0.1) is 15.5 Å². The molecular weight excluding hydrogens is 445 g/mol. The first-order valence-corrected chi connectivity index (χ1v) is 11.9. The molecule has 3 rings (SSSR count). The number of benzene rings is 2. The van der Waals surface area contributed by atoms with Crippen molar-refractivity contribution in [3.8, 4) is 5.75 Å². The first-order chi connectivity index (χ1) is 14.8. The van der Waals surface area contributed by atoms with E-state index in [4.69, 9.17) is 16.3 Å². The second-order valence-corrected chi connectivity index (χ2v) is 9.23. The number of hydrogen-bond acceptors (Lipinski definition) is 5. The van der Waals surface area contributed by atoms with Gasteiger partial charge in [-0.3, -0.25) is 9.69 Å². The zero-order chi connectivity index (χ0) is 22.4. The molecule has 0 saturated carbocycles. The van der Waals surface area contributed by atoms with Crippen LogP contribution in [0.4, 0.5) is 4.39 Å². The van der Waals surface area contributed by atoms with Crippen LogP contribution in [-0.4, -0.2) is 70.0 Å². The van der Waals surface area contributed by atoms with Crippen molar-refractivity contribution in [2.24, 2.45) is 0 Å². The number of piperazine rings is 1. The Morgan fingerprint density at radius 1 is 1.16 bits per heavy atom. The fourth-order valence-electron chi connectivity index (χ4n) is 3.30. The summed E-state index contributed by atoms with van der Waals surface area (Å²) in [6.07, 6.45) is 0. The van der Waals surface area contributed by atoms with Crippen LogP contribution in [-0.2, 0) is 10.0 Å². The molecule has 31 heavy (non-hydrogen) atoms. The van der Waals surface area contributed by atoms with E-state index >= 15 is 0 Å². The Labute approximate surface area is 186 Å². The third-order valence-electron chi connectivity index (χ3n) is 4.97. The molecule has 168 valence electrons. The number of sulfonamides is 1. The smallest absolute Gasteiger partial charge is 0.256 e. The summed E-state index contributed by atoms with van der Waals surface area (Å²) in [6, 6.07) is 10.5. The minimum atomic E-state index is -3.78. The summed E-state index contributed by atoms with van der Waals surface area (Å²) in [5, 5.41) is 0.554. The number of nitrogens with zero attached hydrogens (tertiary/aromatic N) is 2. The number of amides is 1. The molecule has 1 aliphatic heterocycles. The molecule has 1 saturated heterocycles. The third kappa shape index (κ3) is 5.94. The van der Waals surface area contributed by atoms with Gasteiger partial charge in [-0.15, -0.1) is 0 Å². The predicted molar refractivity (Wildman–Crippen MR) is 117 cm³/mol. The van der Waals surface area contributed by atoms with Crippen molar-refractivity contribution in [1.82, 2.24) is 14.5 Å². The van der Waals surface area contributed by atoms with E-state index in [0.717, 1.165) is 18.2 Å². The molecule has 0 bridgehead atoms. The van der Waals surface area contributed by atoms with Crippen LogP contribution in [0.2, 0.25) is 5.02 Å². The Morgan fingerprint density at radius 2 is 1.87 bits per heavy atom. The molecule has 0 aromatic heterocycles. The Morgan fingerprint density at radius 3 is 2.55 bits per heavy atom. The van der Waals surface area contributed by atoms with Gasteiger partial charge >= 0.3 is 0 Å². The first-order valence-electron chi connectivity index (χ1n) is 10.00. The second kappa shape index (κ2) is 10.4. The third-order valence-corrected chi connectivity index (χ3v) is 6.83. The van der Waals surface area contributed by atoms with Gasteiger partial charge in [0, 0.05) is 39.3 Å². The van der Waals surface area contributed by atoms with Gasteiger partial charge in [0.15, 0.2) is 0 Å². The highest BCUT2D eigenvalue weighted by Gasteiger charge is 2.26. The monoisotopic (exact) mass is 469 g/mol. The number of carbonyl (C=O) groups excluding carboxylic acids is 1. The van der Waals surface area contributed by atoms with E-state index in [9.17, 15) is 17.6 Å². The van der Waals surface area contributed by atoms with E-state index in [2.05, 4.69) is 9.62 Å². The lowest BCUT2D eigenvalue weighted by atomic mass is 10.1. The lowest BCUT2D eigenvalue weighted by Gasteiger charge is -2.34. The molecule has 1 amide bonds. The maximum Gasteiger partial charge on any atom is 0.256 e. The van der Waals surface area contributed by atoms with Crippen molar-refractivity contribution in [2.75, 3.05) is 45.9 Å². The van der Waals surface area contributed by atoms with Gasteiger partial charge in [0.25, 0.3) is 5.91 Å². The maximum absolute atomic E-state index is 14.3. The van der Waals surface area contributed by atoms with E-state index in [0.29, 0.717) is 50.1 Å². The predicted octanol–water partition coefficient (Wildman–Crippen LogP) is 2.61. The molecule has 10 heteroatoms. The van der Waals surface area contributed by atoms with Crippen LogP contribution in [0, 0.1) is 5.82 Å².